The van der Waals surface area contributed by atoms with Crippen LogP contribution in [0.15, 0.2) is 12.4 Å². The highest BCUT2D eigenvalue weighted by molar-refractivity contribution is 5.89. The normalized spacial score (nSPS) is 17.8. The zero-order valence-corrected chi connectivity index (χ0v) is 13.9. The lowest BCUT2D eigenvalue weighted by molar-refractivity contribution is 0.0542. The summed E-state index contributed by atoms with van der Waals surface area (Å²) in [6.07, 6.45) is 6.24. The first-order valence-electron chi connectivity index (χ1n) is 8.17. The Balaban J connectivity index is 1.87. The Labute approximate surface area is 132 Å². The van der Waals surface area contributed by atoms with Crippen molar-refractivity contribution in [2.24, 2.45) is 11.3 Å². The van der Waals surface area contributed by atoms with Gasteiger partial charge in [-0.3, -0.25) is 4.68 Å². The van der Waals surface area contributed by atoms with Gasteiger partial charge < -0.3 is 15.3 Å². The first-order valence-corrected chi connectivity index (χ1v) is 8.17. The summed E-state index contributed by atoms with van der Waals surface area (Å²) in [4.78, 5) is 14.1. The Morgan fingerprint density at radius 1 is 1.45 bits per heavy atom. The molecule has 0 atom stereocenters. The summed E-state index contributed by atoms with van der Waals surface area (Å²) < 4.78 is 1.85. The number of carbonyl (C=O) groups excluding carboxylic acids is 1. The molecule has 2 rings (SSSR count). The van der Waals surface area contributed by atoms with E-state index in [0.29, 0.717) is 19.0 Å². The van der Waals surface area contributed by atoms with Crippen LogP contribution in [-0.2, 0) is 6.54 Å². The third kappa shape index (κ3) is 4.00. The van der Waals surface area contributed by atoms with Crippen LogP contribution in [0.1, 0.15) is 40.0 Å². The number of urea groups is 1. The average Bonchev–Trinajstić information content (AvgIpc) is 2.93. The van der Waals surface area contributed by atoms with Crippen LogP contribution in [0.5, 0.6) is 0 Å². The van der Waals surface area contributed by atoms with E-state index in [1.54, 1.807) is 6.20 Å². The van der Waals surface area contributed by atoms with Crippen molar-refractivity contribution in [3.05, 3.63) is 12.4 Å². The average molecular weight is 308 g/mol. The van der Waals surface area contributed by atoms with E-state index in [9.17, 15) is 9.90 Å². The zero-order valence-electron chi connectivity index (χ0n) is 13.9. The Morgan fingerprint density at radius 2 is 2.14 bits per heavy atom. The number of likely N-dealkylation sites (tertiary alicyclic amines) is 1. The van der Waals surface area contributed by atoms with Crippen LogP contribution in [0.25, 0.3) is 0 Å². The molecular weight excluding hydrogens is 280 g/mol. The Kier molecular flexibility index (Phi) is 5.45. The number of aliphatic hydroxyl groups is 1. The van der Waals surface area contributed by atoms with E-state index in [1.807, 2.05) is 15.8 Å². The van der Waals surface area contributed by atoms with Gasteiger partial charge in [-0.25, -0.2) is 4.79 Å². The number of amides is 2. The Morgan fingerprint density at radius 3 is 2.68 bits per heavy atom. The minimum absolute atomic E-state index is 0.00106. The number of carbonyl (C=O) groups is 1. The number of nitrogens with zero attached hydrogens (tertiary/aromatic N) is 3. The Bertz CT molecular complexity index is 484. The van der Waals surface area contributed by atoms with Gasteiger partial charge in [-0.2, -0.15) is 5.10 Å². The van der Waals surface area contributed by atoms with Crippen molar-refractivity contribution >= 4 is 11.7 Å². The van der Waals surface area contributed by atoms with Gasteiger partial charge in [0.1, 0.15) is 0 Å². The maximum Gasteiger partial charge on any atom is 0.321 e. The number of nitrogens with one attached hydrogen (secondary N) is 1. The van der Waals surface area contributed by atoms with Crippen molar-refractivity contribution in [2.75, 3.05) is 25.0 Å². The SMILES string of the molecule is CCC1(CO)CCN(C(=O)Nc2cnn(CC(C)C)c2)CC1. The molecule has 22 heavy (non-hydrogen) atoms. The summed E-state index contributed by atoms with van der Waals surface area (Å²) in [5.41, 5.74) is 0.735. The summed E-state index contributed by atoms with van der Waals surface area (Å²) in [6.45, 7) is 8.81. The van der Waals surface area contributed by atoms with Gasteiger partial charge in [0, 0.05) is 32.4 Å². The molecule has 6 heteroatoms. The molecule has 0 spiro atoms. The summed E-state index contributed by atoms with van der Waals surface area (Å²) in [5, 5.41) is 16.7. The Hall–Kier alpha value is -1.56. The van der Waals surface area contributed by atoms with E-state index < -0.39 is 0 Å². The second-order valence-electron chi connectivity index (χ2n) is 6.77. The molecule has 2 N–H and O–H groups in total. The summed E-state index contributed by atoms with van der Waals surface area (Å²) >= 11 is 0. The summed E-state index contributed by atoms with van der Waals surface area (Å²) in [7, 11) is 0. The molecule has 2 amide bonds. The first kappa shape index (κ1) is 16.8. The maximum atomic E-state index is 12.3. The number of anilines is 1. The molecule has 1 aromatic rings. The number of piperidine rings is 1. The second kappa shape index (κ2) is 7.13. The quantitative estimate of drug-likeness (QED) is 0.878. The molecule has 1 aliphatic heterocycles. The van der Waals surface area contributed by atoms with Crippen molar-refractivity contribution in [3.63, 3.8) is 0 Å². The van der Waals surface area contributed by atoms with Gasteiger partial charge >= 0.3 is 6.03 Å². The van der Waals surface area contributed by atoms with E-state index in [2.05, 4.69) is 31.2 Å². The van der Waals surface area contributed by atoms with Crippen LogP contribution < -0.4 is 5.32 Å². The molecule has 0 radical (unpaired) electrons. The van der Waals surface area contributed by atoms with E-state index in [0.717, 1.165) is 31.5 Å². The summed E-state index contributed by atoms with van der Waals surface area (Å²) in [6, 6.07) is -0.0771. The van der Waals surface area contributed by atoms with Gasteiger partial charge in [-0.15, -0.1) is 0 Å². The second-order valence-corrected chi connectivity index (χ2v) is 6.77. The lowest BCUT2D eigenvalue weighted by Gasteiger charge is -2.40. The topological polar surface area (TPSA) is 70.4 Å². The van der Waals surface area contributed by atoms with Gasteiger partial charge in [0.2, 0.25) is 0 Å². The van der Waals surface area contributed by atoms with Crippen molar-refractivity contribution in [1.82, 2.24) is 14.7 Å². The molecule has 0 bridgehead atoms. The van der Waals surface area contributed by atoms with Gasteiger partial charge in [0.05, 0.1) is 11.9 Å². The fourth-order valence-electron chi connectivity index (χ4n) is 2.91. The lowest BCUT2D eigenvalue weighted by Crippen LogP contribution is -2.46. The van der Waals surface area contributed by atoms with E-state index >= 15 is 0 Å². The molecule has 1 saturated heterocycles. The van der Waals surface area contributed by atoms with Crippen molar-refractivity contribution < 1.29 is 9.90 Å². The highest BCUT2D eigenvalue weighted by Crippen LogP contribution is 2.34. The number of aliphatic hydroxyl groups excluding tert-OH is 1. The fourth-order valence-corrected chi connectivity index (χ4v) is 2.91. The molecule has 0 aliphatic carbocycles. The molecule has 0 aromatic carbocycles. The number of hydrogen-bond donors (Lipinski definition) is 2. The molecular formula is C16H28N4O2. The van der Waals surface area contributed by atoms with Gasteiger partial charge in [0.15, 0.2) is 0 Å². The molecule has 0 unspecified atom stereocenters. The smallest absolute Gasteiger partial charge is 0.321 e. The van der Waals surface area contributed by atoms with Crippen LogP contribution in [0.2, 0.25) is 0 Å². The highest BCUT2D eigenvalue weighted by atomic mass is 16.3. The number of hydrogen-bond acceptors (Lipinski definition) is 3. The molecule has 1 aliphatic rings. The predicted molar refractivity (Wildman–Crippen MR) is 86.7 cm³/mol. The molecule has 0 saturated carbocycles. The number of rotatable bonds is 5. The van der Waals surface area contributed by atoms with E-state index in [1.165, 1.54) is 0 Å². The standard InChI is InChI=1S/C16H28N4O2/c1-4-16(12-21)5-7-19(8-6-16)15(22)18-14-9-17-20(11-14)10-13(2)3/h9,11,13,21H,4-8,10,12H2,1-3H3,(H,18,22). The monoisotopic (exact) mass is 308 g/mol. The van der Waals surface area contributed by atoms with Crippen molar-refractivity contribution in [2.45, 2.75) is 46.6 Å². The van der Waals surface area contributed by atoms with Crippen LogP contribution in [0, 0.1) is 11.3 Å². The van der Waals surface area contributed by atoms with E-state index in [-0.39, 0.29) is 18.1 Å². The van der Waals surface area contributed by atoms with Gasteiger partial charge in [0.25, 0.3) is 0 Å². The highest BCUT2D eigenvalue weighted by Gasteiger charge is 2.33. The third-order valence-electron chi connectivity index (χ3n) is 4.63. The van der Waals surface area contributed by atoms with Crippen LogP contribution in [0.3, 0.4) is 0 Å². The van der Waals surface area contributed by atoms with Crippen LogP contribution in [-0.4, -0.2) is 45.5 Å². The van der Waals surface area contributed by atoms with Crippen molar-refractivity contribution in [3.8, 4) is 0 Å². The predicted octanol–water partition coefficient (Wildman–Crippen LogP) is 2.56. The minimum atomic E-state index is -0.0771. The van der Waals surface area contributed by atoms with Crippen molar-refractivity contribution in [1.29, 1.82) is 0 Å². The lowest BCUT2D eigenvalue weighted by atomic mass is 9.77. The minimum Gasteiger partial charge on any atom is -0.396 e. The van der Waals surface area contributed by atoms with E-state index in [4.69, 9.17) is 0 Å². The molecule has 1 aromatic heterocycles. The molecule has 6 nitrogen and oxygen atoms in total. The van der Waals surface area contributed by atoms with Gasteiger partial charge in [-0.05, 0) is 30.6 Å². The zero-order chi connectivity index (χ0) is 16.2. The fraction of sp³-hybridized carbons (Fsp3) is 0.750. The number of aromatic nitrogens is 2. The molecule has 1 fully saturated rings. The third-order valence-corrected chi connectivity index (χ3v) is 4.63. The molecule has 124 valence electrons. The maximum absolute atomic E-state index is 12.3. The van der Waals surface area contributed by atoms with Crippen LogP contribution >= 0.6 is 0 Å². The largest absolute Gasteiger partial charge is 0.396 e. The van der Waals surface area contributed by atoms with Crippen LogP contribution in [0.4, 0.5) is 10.5 Å². The summed E-state index contributed by atoms with van der Waals surface area (Å²) in [5.74, 6) is 0.520. The van der Waals surface area contributed by atoms with Gasteiger partial charge in [-0.1, -0.05) is 20.8 Å². The molecule has 2 heterocycles. The first-order chi connectivity index (χ1) is 10.5.